The number of amides is 1. The number of hydrogen-bond acceptors (Lipinski definition) is 6. The van der Waals surface area contributed by atoms with Gasteiger partial charge in [-0.2, -0.15) is 5.10 Å². The number of carboxylic acids is 1. The van der Waals surface area contributed by atoms with E-state index >= 15 is 0 Å². The highest BCUT2D eigenvalue weighted by molar-refractivity contribution is 7.15. The van der Waals surface area contributed by atoms with Gasteiger partial charge in [0.05, 0.1) is 10.6 Å². The third-order valence-corrected chi connectivity index (χ3v) is 4.82. The molecule has 2 N–H and O–H groups in total. The first kappa shape index (κ1) is 17.6. The van der Waals surface area contributed by atoms with E-state index in [1.54, 1.807) is 19.9 Å². The van der Waals surface area contributed by atoms with Crippen LogP contribution in [0.15, 0.2) is 52.1 Å². The van der Waals surface area contributed by atoms with Crippen LogP contribution in [-0.2, 0) is 0 Å². The summed E-state index contributed by atoms with van der Waals surface area (Å²) >= 11 is 1.09. The Hall–Kier alpha value is -3.26. The standard InChI is InChI=1S/C18H15N3O4S/c1-10(13-8-9-14(26-13)18(23)24)19-20-17(22)15-11(2)25-21-16(15)12-6-4-3-5-7-12/h3-9H,1-2H3,(H,20,22)(H,23,24)/b19-10-. The summed E-state index contributed by atoms with van der Waals surface area (Å²) < 4.78 is 5.17. The third-order valence-electron chi connectivity index (χ3n) is 3.64. The van der Waals surface area contributed by atoms with Crippen molar-refractivity contribution in [2.75, 3.05) is 0 Å². The first-order valence-corrected chi connectivity index (χ1v) is 8.49. The lowest BCUT2D eigenvalue weighted by Crippen LogP contribution is -2.20. The zero-order chi connectivity index (χ0) is 18.7. The van der Waals surface area contributed by atoms with Crippen LogP contribution in [0.5, 0.6) is 0 Å². The summed E-state index contributed by atoms with van der Waals surface area (Å²) in [5.74, 6) is -1.05. The maximum absolute atomic E-state index is 12.6. The van der Waals surface area contributed by atoms with Gasteiger partial charge in [0, 0.05) is 5.56 Å². The van der Waals surface area contributed by atoms with E-state index in [1.165, 1.54) is 6.07 Å². The van der Waals surface area contributed by atoms with Crippen LogP contribution in [-0.4, -0.2) is 27.9 Å². The molecule has 1 aromatic carbocycles. The van der Waals surface area contributed by atoms with Crippen molar-refractivity contribution in [3.63, 3.8) is 0 Å². The Morgan fingerprint density at radius 2 is 1.85 bits per heavy atom. The summed E-state index contributed by atoms with van der Waals surface area (Å²) in [6.07, 6.45) is 0. The monoisotopic (exact) mass is 369 g/mol. The number of aromatic carboxylic acids is 1. The number of rotatable bonds is 5. The van der Waals surface area contributed by atoms with E-state index in [0.717, 1.165) is 16.9 Å². The van der Waals surface area contributed by atoms with Gasteiger partial charge in [-0.25, -0.2) is 10.2 Å². The van der Waals surface area contributed by atoms with Crippen molar-refractivity contribution in [3.05, 3.63) is 63.5 Å². The smallest absolute Gasteiger partial charge is 0.345 e. The molecule has 0 saturated heterocycles. The van der Waals surface area contributed by atoms with Gasteiger partial charge in [0.1, 0.15) is 21.9 Å². The Labute approximate surface area is 153 Å². The fourth-order valence-corrected chi connectivity index (χ4v) is 3.12. The first-order valence-electron chi connectivity index (χ1n) is 7.67. The van der Waals surface area contributed by atoms with E-state index < -0.39 is 11.9 Å². The average Bonchev–Trinajstić information content (AvgIpc) is 3.27. The van der Waals surface area contributed by atoms with E-state index in [0.29, 0.717) is 27.6 Å². The normalized spacial score (nSPS) is 11.4. The summed E-state index contributed by atoms with van der Waals surface area (Å²) in [5, 5.41) is 17.0. The topological polar surface area (TPSA) is 105 Å². The molecule has 0 spiro atoms. The number of nitrogens with zero attached hydrogens (tertiary/aromatic N) is 2. The van der Waals surface area contributed by atoms with Gasteiger partial charge in [0.15, 0.2) is 0 Å². The Balaban J connectivity index is 1.82. The van der Waals surface area contributed by atoms with Crippen molar-refractivity contribution in [2.24, 2.45) is 5.10 Å². The second-order valence-corrected chi connectivity index (χ2v) is 6.52. The molecule has 0 bridgehead atoms. The fraction of sp³-hybridized carbons (Fsp3) is 0.111. The Kier molecular flexibility index (Phi) is 4.94. The van der Waals surface area contributed by atoms with E-state index in [2.05, 4.69) is 15.7 Å². The molecule has 0 radical (unpaired) electrons. The van der Waals surface area contributed by atoms with E-state index in [-0.39, 0.29) is 4.88 Å². The van der Waals surface area contributed by atoms with Gasteiger partial charge in [-0.3, -0.25) is 4.79 Å². The highest BCUT2D eigenvalue weighted by Crippen LogP contribution is 2.25. The van der Waals surface area contributed by atoms with Gasteiger partial charge in [-0.1, -0.05) is 35.5 Å². The van der Waals surface area contributed by atoms with E-state index in [4.69, 9.17) is 9.63 Å². The first-order chi connectivity index (χ1) is 12.5. The van der Waals surface area contributed by atoms with Crippen LogP contribution < -0.4 is 5.43 Å². The second-order valence-electron chi connectivity index (χ2n) is 5.44. The van der Waals surface area contributed by atoms with Crippen molar-refractivity contribution in [1.29, 1.82) is 0 Å². The summed E-state index contributed by atoms with van der Waals surface area (Å²) in [6, 6.07) is 12.4. The lowest BCUT2D eigenvalue weighted by Gasteiger charge is -2.03. The van der Waals surface area contributed by atoms with Crippen LogP contribution in [0.25, 0.3) is 11.3 Å². The number of hydrazone groups is 1. The second kappa shape index (κ2) is 7.32. The molecule has 3 rings (SSSR count). The van der Waals surface area contributed by atoms with Crippen LogP contribution in [0.3, 0.4) is 0 Å². The summed E-state index contributed by atoms with van der Waals surface area (Å²) in [6.45, 7) is 3.35. The van der Waals surface area contributed by atoms with Crippen molar-refractivity contribution < 1.29 is 19.2 Å². The number of hydrogen-bond donors (Lipinski definition) is 2. The molecule has 7 nitrogen and oxygen atoms in total. The summed E-state index contributed by atoms with van der Waals surface area (Å²) in [4.78, 5) is 24.4. The number of aromatic nitrogens is 1. The average molecular weight is 369 g/mol. The molecule has 0 unspecified atom stereocenters. The van der Waals surface area contributed by atoms with Gasteiger partial charge in [-0.15, -0.1) is 11.3 Å². The zero-order valence-electron chi connectivity index (χ0n) is 14.0. The number of nitrogens with one attached hydrogen (secondary N) is 1. The van der Waals surface area contributed by atoms with Crippen molar-refractivity contribution in [2.45, 2.75) is 13.8 Å². The molecule has 2 aromatic heterocycles. The van der Waals surface area contributed by atoms with Crippen LogP contribution in [0.4, 0.5) is 0 Å². The fourth-order valence-electron chi connectivity index (χ4n) is 2.33. The molecule has 8 heteroatoms. The number of aryl methyl sites for hydroxylation is 1. The zero-order valence-corrected chi connectivity index (χ0v) is 14.8. The minimum atomic E-state index is -0.995. The molecule has 26 heavy (non-hydrogen) atoms. The Morgan fingerprint density at radius 1 is 1.15 bits per heavy atom. The molecule has 2 heterocycles. The quantitative estimate of drug-likeness (QED) is 0.528. The van der Waals surface area contributed by atoms with Crippen LogP contribution in [0.2, 0.25) is 0 Å². The van der Waals surface area contributed by atoms with Gasteiger partial charge in [-0.05, 0) is 26.0 Å². The molecule has 132 valence electrons. The van der Waals surface area contributed by atoms with Gasteiger partial charge >= 0.3 is 5.97 Å². The molecule has 0 aliphatic heterocycles. The molecular formula is C18H15N3O4S. The van der Waals surface area contributed by atoms with E-state index in [9.17, 15) is 9.59 Å². The third kappa shape index (κ3) is 3.55. The number of carbonyl (C=O) groups is 2. The number of benzene rings is 1. The molecule has 0 aliphatic carbocycles. The van der Waals surface area contributed by atoms with Crippen LogP contribution in [0, 0.1) is 6.92 Å². The molecule has 3 aromatic rings. The Morgan fingerprint density at radius 3 is 2.50 bits per heavy atom. The summed E-state index contributed by atoms with van der Waals surface area (Å²) in [5.41, 5.74) is 4.50. The highest BCUT2D eigenvalue weighted by Gasteiger charge is 2.21. The Bertz CT molecular complexity index is 989. The van der Waals surface area contributed by atoms with Crippen molar-refractivity contribution in [3.8, 4) is 11.3 Å². The maximum Gasteiger partial charge on any atom is 0.345 e. The lowest BCUT2D eigenvalue weighted by atomic mass is 10.1. The van der Waals surface area contributed by atoms with Crippen LogP contribution >= 0.6 is 11.3 Å². The van der Waals surface area contributed by atoms with Crippen LogP contribution in [0.1, 0.15) is 37.6 Å². The van der Waals surface area contributed by atoms with Crippen molar-refractivity contribution >= 4 is 28.9 Å². The highest BCUT2D eigenvalue weighted by atomic mass is 32.1. The molecular weight excluding hydrogens is 354 g/mol. The van der Waals surface area contributed by atoms with Gasteiger partial charge in [0.25, 0.3) is 5.91 Å². The molecule has 1 amide bonds. The predicted octanol–water partition coefficient (Wildman–Crippen LogP) is 3.56. The lowest BCUT2D eigenvalue weighted by molar-refractivity contribution is 0.0702. The van der Waals surface area contributed by atoms with Crippen molar-refractivity contribution in [1.82, 2.24) is 10.6 Å². The molecule has 0 fully saturated rings. The summed E-state index contributed by atoms with van der Waals surface area (Å²) in [7, 11) is 0. The molecule has 0 atom stereocenters. The predicted molar refractivity (Wildman–Crippen MR) is 97.6 cm³/mol. The SMILES string of the molecule is C/C(=N/NC(=O)c1c(-c2ccccc2)noc1C)c1ccc(C(=O)O)s1. The minimum absolute atomic E-state index is 0.210. The van der Waals surface area contributed by atoms with Gasteiger partial charge < -0.3 is 9.63 Å². The van der Waals surface area contributed by atoms with Gasteiger partial charge in [0.2, 0.25) is 0 Å². The maximum atomic E-state index is 12.6. The molecule has 0 saturated carbocycles. The number of carboxylic acid groups (broad SMARTS) is 1. The minimum Gasteiger partial charge on any atom is -0.477 e. The largest absolute Gasteiger partial charge is 0.477 e. The van der Waals surface area contributed by atoms with E-state index in [1.807, 2.05) is 30.3 Å². The number of thiophene rings is 1. The number of carbonyl (C=O) groups excluding carboxylic acids is 1. The molecule has 0 aliphatic rings.